The molecule has 0 aliphatic rings. The Kier molecular flexibility index (Phi) is 5.34. The van der Waals surface area contributed by atoms with Crippen LogP contribution in [-0.4, -0.2) is 29.4 Å². The molecule has 0 N–H and O–H groups in total. The number of unbranched alkanes of at least 4 members (excludes halogenated alkanes) is 1. The van der Waals surface area contributed by atoms with Crippen LogP contribution in [0.3, 0.4) is 0 Å². The Labute approximate surface area is 130 Å². The third kappa shape index (κ3) is 4.05. The number of halogens is 1. The van der Waals surface area contributed by atoms with E-state index in [-0.39, 0.29) is 5.91 Å². The quantitative estimate of drug-likeness (QED) is 0.826. The number of carbonyl (C=O) groups is 1. The second-order valence-corrected chi connectivity index (χ2v) is 5.49. The van der Waals surface area contributed by atoms with E-state index in [1.807, 2.05) is 37.4 Å². The third-order valence-corrected chi connectivity index (χ3v) is 3.61. The van der Waals surface area contributed by atoms with Crippen molar-refractivity contribution in [2.24, 2.45) is 0 Å². The van der Waals surface area contributed by atoms with E-state index in [0.29, 0.717) is 10.6 Å². The monoisotopic (exact) mass is 302 g/mol. The number of nitrogens with zero attached hydrogens (tertiary/aromatic N) is 2. The molecule has 4 heteroatoms. The molecule has 1 amide bonds. The van der Waals surface area contributed by atoms with Crippen molar-refractivity contribution in [3.8, 4) is 11.1 Å². The van der Waals surface area contributed by atoms with Gasteiger partial charge < -0.3 is 4.90 Å². The lowest BCUT2D eigenvalue weighted by Crippen LogP contribution is -2.27. The lowest BCUT2D eigenvalue weighted by molar-refractivity contribution is 0.0793. The van der Waals surface area contributed by atoms with E-state index in [9.17, 15) is 4.79 Å². The summed E-state index contributed by atoms with van der Waals surface area (Å²) in [5, 5.41) is 0.693. The molecule has 2 rings (SSSR count). The number of benzene rings is 1. The fraction of sp³-hybridized carbons (Fsp3) is 0.294. The van der Waals surface area contributed by atoms with E-state index in [1.54, 1.807) is 17.3 Å². The van der Waals surface area contributed by atoms with Crippen LogP contribution in [0.5, 0.6) is 0 Å². The van der Waals surface area contributed by atoms with Crippen LogP contribution < -0.4 is 0 Å². The summed E-state index contributed by atoms with van der Waals surface area (Å²) >= 11 is 5.89. The Balaban J connectivity index is 2.21. The molecule has 0 bridgehead atoms. The van der Waals surface area contributed by atoms with Crippen molar-refractivity contribution >= 4 is 17.5 Å². The first kappa shape index (κ1) is 15.5. The molecule has 1 aromatic heterocycles. The first-order valence-corrected chi connectivity index (χ1v) is 7.46. The number of amides is 1. The number of carbonyl (C=O) groups excluding carboxylic acids is 1. The molecule has 0 aliphatic carbocycles. The Morgan fingerprint density at radius 2 is 1.90 bits per heavy atom. The van der Waals surface area contributed by atoms with Gasteiger partial charge >= 0.3 is 0 Å². The van der Waals surface area contributed by atoms with Gasteiger partial charge in [-0.2, -0.15) is 0 Å². The van der Waals surface area contributed by atoms with E-state index < -0.39 is 0 Å². The van der Waals surface area contributed by atoms with Gasteiger partial charge in [0.25, 0.3) is 5.91 Å². The summed E-state index contributed by atoms with van der Waals surface area (Å²) < 4.78 is 0. The smallest absolute Gasteiger partial charge is 0.255 e. The summed E-state index contributed by atoms with van der Waals surface area (Å²) in [6, 6.07) is 9.39. The maximum Gasteiger partial charge on any atom is 0.255 e. The van der Waals surface area contributed by atoms with Crippen molar-refractivity contribution < 1.29 is 4.79 Å². The van der Waals surface area contributed by atoms with Crippen molar-refractivity contribution in [1.82, 2.24) is 9.88 Å². The van der Waals surface area contributed by atoms with Crippen LogP contribution in [0.15, 0.2) is 42.7 Å². The van der Waals surface area contributed by atoms with Gasteiger partial charge in [-0.3, -0.25) is 9.78 Å². The van der Waals surface area contributed by atoms with E-state index in [1.165, 1.54) is 0 Å². The number of rotatable bonds is 5. The molecule has 21 heavy (non-hydrogen) atoms. The minimum Gasteiger partial charge on any atom is -0.342 e. The Morgan fingerprint density at radius 3 is 2.57 bits per heavy atom. The molecule has 0 atom stereocenters. The topological polar surface area (TPSA) is 33.2 Å². The van der Waals surface area contributed by atoms with Crippen molar-refractivity contribution in [2.45, 2.75) is 19.8 Å². The van der Waals surface area contributed by atoms with Crippen molar-refractivity contribution in [3.05, 3.63) is 53.3 Å². The predicted octanol–water partition coefficient (Wildman–Crippen LogP) is 4.27. The number of hydrogen-bond acceptors (Lipinski definition) is 2. The Morgan fingerprint density at radius 1 is 1.19 bits per heavy atom. The highest BCUT2D eigenvalue weighted by molar-refractivity contribution is 6.30. The van der Waals surface area contributed by atoms with E-state index >= 15 is 0 Å². The molecule has 0 spiro atoms. The number of pyridine rings is 1. The maximum atomic E-state index is 12.4. The van der Waals surface area contributed by atoms with Gasteiger partial charge in [0.2, 0.25) is 0 Å². The lowest BCUT2D eigenvalue weighted by Gasteiger charge is -2.16. The molecule has 2 aromatic rings. The van der Waals surface area contributed by atoms with Gasteiger partial charge in [-0.1, -0.05) is 37.1 Å². The van der Waals surface area contributed by atoms with E-state index in [4.69, 9.17) is 11.6 Å². The summed E-state index contributed by atoms with van der Waals surface area (Å²) in [6.45, 7) is 2.88. The summed E-state index contributed by atoms with van der Waals surface area (Å²) in [6.07, 6.45) is 5.45. The molecule has 1 heterocycles. The summed E-state index contributed by atoms with van der Waals surface area (Å²) in [5.74, 6) is 0.00626. The molecule has 3 nitrogen and oxygen atoms in total. The summed E-state index contributed by atoms with van der Waals surface area (Å²) in [4.78, 5) is 18.3. The molecule has 0 aliphatic heterocycles. The molecule has 0 unspecified atom stereocenters. The normalized spacial score (nSPS) is 10.4. The first-order chi connectivity index (χ1) is 10.1. The number of hydrogen-bond donors (Lipinski definition) is 0. The van der Waals surface area contributed by atoms with Crippen LogP contribution >= 0.6 is 11.6 Å². The van der Waals surface area contributed by atoms with Crippen LogP contribution in [0.2, 0.25) is 5.02 Å². The average molecular weight is 303 g/mol. The Hall–Kier alpha value is -1.87. The van der Waals surface area contributed by atoms with Crippen molar-refractivity contribution in [2.75, 3.05) is 13.6 Å². The highest BCUT2D eigenvalue weighted by atomic mass is 35.5. The molecular formula is C17H19ClN2O. The van der Waals surface area contributed by atoms with Gasteiger partial charge in [-0.25, -0.2) is 0 Å². The van der Waals surface area contributed by atoms with Crippen LogP contribution in [0, 0.1) is 0 Å². The van der Waals surface area contributed by atoms with Gasteiger partial charge in [-0.15, -0.1) is 0 Å². The predicted molar refractivity (Wildman–Crippen MR) is 86.6 cm³/mol. The molecule has 0 fully saturated rings. The second-order valence-electron chi connectivity index (χ2n) is 5.05. The largest absolute Gasteiger partial charge is 0.342 e. The third-order valence-electron chi connectivity index (χ3n) is 3.36. The van der Waals surface area contributed by atoms with Gasteiger partial charge in [-0.05, 0) is 30.2 Å². The molecule has 0 radical (unpaired) electrons. The summed E-state index contributed by atoms with van der Waals surface area (Å²) in [7, 11) is 1.83. The minimum absolute atomic E-state index is 0.00626. The van der Waals surface area contributed by atoms with Crippen LogP contribution in [0.25, 0.3) is 11.1 Å². The van der Waals surface area contributed by atoms with Gasteiger partial charge in [0.15, 0.2) is 0 Å². The molecule has 0 saturated heterocycles. The van der Waals surface area contributed by atoms with E-state index in [0.717, 1.165) is 30.5 Å². The van der Waals surface area contributed by atoms with Crippen LogP contribution in [-0.2, 0) is 0 Å². The zero-order chi connectivity index (χ0) is 15.2. The maximum absolute atomic E-state index is 12.4. The van der Waals surface area contributed by atoms with Crippen molar-refractivity contribution in [1.29, 1.82) is 0 Å². The SMILES string of the molecule is CCCCN(C)C(=O)c1cncc(-c2ccc(Cl)cc2)c1. The van der Waals surface area contributed by atoms with Gasteiger partial charge in [0, 0.05) is 36.6 Å². The Bertz CT molecular complexity index is 610. The first-order valence-electron chi connectivity index (χ1n) is 7.08. The van der Waals surface area contributed by atoms with Crippen LogP contribution in [0.1, 0.15) is 30.1 Å². The highest BCUT2D eigenvalue weighted by Gasteiger charge is 2.12. The van der Waals surface area contributed by atoms with Crippen LogP contribution in [0.4, 0.5) is 0 Å². The summed E-state index contributed by atoms with van der Waals surface area (Å²) in [5.41, 5.74) is 2.53. The average Bonchev–Trinajstić information content (AvgIpc) is 2.52. The van der Waals surface area contributed by atoms with Gasteiger partial charge in [0.05, 0.1) is 5.56 Å². The van der Waals surface area contributed by atoms with E-state index in [2.05, 4.69) is 11.9 Å². The zero-order valence-electron chi connectivity index (χ0n) is 12.3. The fourth-order valence-corrected chi connectivity index (χ4v) is 2.20. The second kappa shape index (κ2) is 7.23. The molecule has 0 saturated carbocycles. The van der Waals surface area contributed by atoms with Gasteiger partial charge in [0.1, 0.15) is 0 Å². The zero-order valence-corrected chi connectivity index (χ0v) is 13.1. The minimum atomic E-state index is 0.00626. The standard InChI is InChI=1S/C17H19ClN2O/c1-3-4-9-20(2)17(21)15-10-14(11-19-12-15)13-5-7-16(18)8-6-13/h5-8,10-12H,3-4,9H2,1-2H3. The number of aromatic nitrogens is 1. The van der Waals surface area contributed by atoms with Crippen molar-refractivity contribution in [3.63, 3.8) is 0 Å². The molecule has 1 aromatic carbocycles. The highest BCUT2D eigenvalue weighted by Crippen LogP contribution is 2.22. The molecule has 110 valence electrons. The lowest BCUT2D eigenvalue weighted by atomic mass is 10.1. The molecular weight excluding hydrogens is 284 g/mol. The fourth-order valence-electron chi connectivity index (χ4n) is 2.07.